The number of carbonyl (C=O) groups excluding carboxylic acids is 1. The molecule has 0 aliphatic carbocycles. The van der Waals surface area contributed by atoms with Gasteiger partial charge in [-0.25, -0.2) is 0 Å². The Labute approximate surface area is 101 Å². The van der Waals surface area contributed by atoms with Crippen molar-refractivity contribution >= 4 is 16.7 Å². The average molecular weight is 225 g/mol. The largest absolute Gasteiger partial charge is 0.289 e. The van der Waals surface area contributed by atoms with Crippen LogP contribution in [0.3, 0.4) is 0 Å². The SMILES string of the molecule is C/C=C(/CC)C(=O)c1cnc2ccccc2c1. The fraction of sp³-hybridized carbons (Fsp3) is 0.200. The molecule has 2 aromatic rings. The Bertz CT molecular complexity index is 584. The maximum absolute atomic E-state index is 12.1. The number of carbonyl (C=O) groups is 1. The van der Waals surface area contributed by atoms with E-state index in [1.807, 2.05) is 50.3 Å². The van der Waals surface area contributed by atoms with Gasteiger partial charge in [0.25, 0.3) is 0 Å². The van der Waals surface area contributed by atoms with Gasteiger partial charge < -0.3 is 0 Å². The number of allylic oxidation sites excluding steroid dienone is 2. The molecular formula is C15H15NO. The van der Waals surface area contributed by atoms with Crippen molar-refractivity contribution in [2.24, 2.45) is 0 Å². The van der Waals surface area contributed by atoms with E-state index in [1.165, 1.54) is 0 Å². The van der Waals surface area contributed by atoms with E-state index in [4.69, 9.17) is 0 Å². The van der Waals surface area contributed by atoms with E-state index in [9.17, 15) is 4.79 Å². The third-order valence-corrected chi connectivity index (χ3v) is 2.87. The number of pyridine rings is 1. The first-order valence-electron chi connectivity index (χ1n) is 5.81. The van der Waals surface area contributed by atoms with E-state index in [0.29, 0.717) is 5.56 Å². The van der Waals surface area contributed by atoms with Gasteiger partial charge in [0.1, 0.15) is 0 Å². The van der Waals surface area contributed by atoms with Crippen LogP contribution in [0.5, 0.6) is 0 Å². The number of benzene rings is 1. The second-order valence-corrected chi connectivity index (χ2v) is 3.91. The maximum Gasteiger partial charge on any atom is 0.190 e. The Balaban J connectivity index is 2.46. The van der Waals surface area contributed by atoms with E-state index < -0.39 is 0 Å². The van der Waals surface area contributed by atoms with Gasteiger partial charge in [0, 0.05) is 17.1 Å². The molecule has 0 radical (unpaired) electrons. The normalized spacial score (nSPS) is 11.8. The summed E-state index contributed by atoms with van der Waals surface area (Å²) in [7, 11) is 0. The number of hydrogen-bond acceptors (Lipinski definition) is 2. The van der Waals surface area contributed by atoms with E-state index in [0.717, 1.165) is 22.9 Å². The Hall–Kier alpha value is -1.96. The molecule has 0 fully saturated rings. The Morgan fingerprint density at radius 2 is 2.12 bits per heavy atom. The lowest BCUT2D eigenvalue weighted by atomic mass is 10.0. The van der Waals surface area contributed by atoms with Crippen molar-refractivity contribution < 1.29 is 4.79 Å². The van der Waals surface area contributed by atoms with Crippen LogP contribution in [0.15, 0.2) is 48.2 Å². The Morgan fingerprint density at radius 3 is 2.82 bits per heavy atom. The van der Waals surface area contributed by atoms with Gasteiger partial charge in [-0.3, -0.25) is 9.78 Å². The summed E-state index contributed by atoms with van der Waals surface area (Å²) in [4.78, 5) is 16.4. The number of hydrogen-bond donors (Lipinski definition) is 0. The zero-order valence-corrected chi connectivity index (χ0v) is 10.1. The van der Waals surface area contributed by atoms with Gasteiger partial charge in [-0.15, -0.1) is 0 Å². The van der Waals surface area contributed by atoms with Crippen LogP contribution in [0, 0.1) is 0 Å². The quantitative estimate of drug-likeness (QED) is 0.588. The molecule has 86 valence electrons. The summed E-state index contributed by atoms with van der Waals surface area (Å²) in [6.07, 6.45) is 4.28. The predicted molar refractivity (Wildman–Crippen MR) is 70.1 cm³/mol. The molecule has 0 N–H and O–H groups in total. The van der Waals surface area contributed by atoms with Crippen LogP contribution < -0.4 is 0 Å². The molecule has 2 rings (SSSR count). The summed E-state index contributed by atoms with van der Waals surface area (Å²) in [5, 5.41) is 1.00. The molecule has 1 aromatic carbocycles. The van der Waals surface area contributed by atoms with Gasteiger partial charge in [-0.05, 0) is 31.1 Å². The van der Waals surface area contributed by atoms with E-state index >= 15 is 0 Å². The molecule has 2 nitrogen and oxygen atoms in total. The van der Waals surface area contributed by atoms with E-state index in [2.05, 4.69) is 4.98 Å². The highest BCUT2D eigenvalue weighted by Crippen LogP contribution is 2.16. The van der Waals surface area contributed by atoms with Gasteiger partial charge in [0.15, 0.2) is 5.78 Å². The van der Waals surface area contributed by atoms with Crippen molar-refractivity contribution in [3.8, 4) is 0 Å². The second kappa shape index (κ2) is 4.91. The Morgan fingerprint density at radius 1 is 1.35 bits per heavy atom. The topological polar surface area (TPSA) is 30.0 Å². The van der Waals surface area contributed by atoms with Crippen molar-refractivity contribution in [3.63, 3.8) is 0 Å². The average Bonchev–Trinajstić information content (AvgIpc) is 2.39. The smallest absolute Gasteiger partial charge is 0.190 e. The molecule has 0 saturated carbocycles. The van der Waals surface area contributed by atoms with Crippen molar-refractivity contribution in [2.75, 3.05) is 0 Å². The van der Waals surface area contributed by atoms with Crippen LogP contribution >= 0.6 is 0 Å². The summed E-state index contributed by atoms with van der Waals surface area (Å²) < 4.78 is 0. The molecule has 0 saturated heterocycles. The molecule has 17 heavy (non-hydrogen) atoms. The molecule has 0 bridgehead atoms. The van der Waals surface area contributed by atoms with Crippen molar-refractivity contribution in [1.29, 1.82) is 0 Å². The van der Waals surface area contributed by atoms with Crippen molar-refractivity contribution in [2.45, 2.75) is 20.3 Å². The number of aromatic nitrogens is 1. The highest BCUT2D eigenvalue weighted by Gasteiger charge is 2.10. The molecule has 2 heteroatoms. The predicted octanol–water partition coefficient (Wildman–Crippen LogP) is 3.77. The van der Waals surface area contributed by atoms with Crippen LogP contribution in [0.25, 0.3) is 10.9 Å². The van der Waals surface area contributed by atoms with Crippen LogP contribution in [-0.4, -0.2) is 10.8 Å². The number of nitrogens with zero attached hydrogens (tertiary/aromatic N) is 1. The molecule has 0 atom stereocenters. The second-order valence-electron chi connectivity index (χ2n) is 3.91. The lowest BCUT2D eigenvalue weighted by molar-refractivity contribution is 0.103. The number of para-hydroxylation sites is 1. The highest BCUT2D eigenvalue weighted by atomic mass is 16.1. The summed E-state index contributed by atoms with van der Waals surface area (Å²) in [6.45, 7) is 3.88. The first kappa shape index (κ1) is 11.5. The molecule has 0 aliphatic rings. The number of Topliss-reactive ketones (excluding diaryl/α,β-unsaturated/α-hetero) is 1. The van der Waals surface area contributed by atoms with Gasteiger partial charge in [0.2, 0.25) is 0 Å². The number of rotatable bonds is 3. The van der Waals surface area contributed by atoms with Crippen LogP contribution in [0.4, 0.5) is 0 Å². The molecule has 1 aromatic heterocycles. The Kier molecular flexibility index (Phi) is 3.33. The first-order chi connectivity index (χ1) is 8.26. The van der Waals surface area contributed by atoms with Crippen LogP contribution in [-0.2, 0) is 0 Å². The van der Waals surface area contributed by atoms with E-state index in [1.54, 1.807) is 6.20 Å². The van der Waals surface area contributed by atoms with Crippen LogP contribution in [0.2, 0.25) is 0 Å². The number of fused-ring (bicyclic) bond motifs is 1. The first-order valence-corrected chi connectivity index (χ1v) is 5.81. The highest BCUT2D eigenvalue weighted by molar-refractivity contribution is 6.09. The van der Waals surface area contributed by atoms with Gasteiger partial charge in [0.05, 0.1) is 5.52 Å². The van der Waals surface area contributed by atoms with Gasteiger partial charge >= 0.3 is 0 Å². The minimum absolute atomic E-state index is 0.0771. The van der Waals surface area contributed by atoms with Gasteiger partial charge in [-0.1, -0.05) is 31.2 Å². The van der Waals surface area contributed by atoms with Crippen LogP contribution in [0.1, 0.15) is 30.6 Å². The minimum atomic E-state index is 0.0771. The third-order valence-electron chi connectivity index (χ3n) is 2.87. The van der Waals surface area contributed by atoms with Crippen molar-refractivity contribution in [3.05, 3.63) is 53.7 Å². The zero-order chi connectivity index (χ0) is 12.3. The fourth-order valence-corrected chi connectivity index (χ4v) is 1.88. The lowest BCUT2D eigenvalue weighted by Crippen LogP contribution is -2.03. The molecule has 1 heterocycles. The molecular weight excluding hydrogens is 210 g/mol. The summed E-state index contributed by atoms with van der Waals surface area (Å²) in [6, 6.07) is 9.72. The van der Waals surface area contributed by atoms with Gasteiger partial charge in [-0.2, -0.15) is 0 Å². The summed E-state index contributed by atoms with van der Waals surface area (Å²) in [5.74, 6) is 0.0771. The lowest BCUT2D eigenvalue weighted by Gasteiger charge is -2.04. The van der Waals surface area contributed by atoms with Crippen molar-refractivity contribution in [1.82, 2.24) is 4.98 Å². The van der Waals surface area contributed by atoms with E-state index in [-0.39, 0.29) is 5.78 Å². The molecule has 0 spiro atoms. The summed E-state index contributed by atoms with van der Waals surface area (Å²) >= 11 is 0. The monoisotopic (exact) mass is 225 g/mol. The standard InChI is InChI=1S/C15H15NO/c1-3-11(4-2)15(17)13-9-12-7-5-6-8-14(12)16-10-13/h3,5-10H,4H2,1-2H3/b11-3-. The molecule has 0 amide bonds. The summed E-state index contributed by atoms with van der Waals surface area (Å²) in [5.41, 5.74) is 2.42. The fourth-order valence-electron chi connectivity index (χ4n) is 1.88. The zero-order valence-electron chi connectivity index (χ0n) is 10.1. The third kappa shape index (κ3) is 2.26. The minimum Gasteiger partial charge on any atom is -0.289 e. The number of ketones is 1. The molecule has 0 aliphatic heterocycles. The maximum atomic E-state index is 12.1. The molecule has 0 unspecified atom stereocenters.